The lowest BCUT2D eigenvalue weighted by Gasteiger charge is -2.40. The molecule has 0 aromatic heterocycles. The molecule has 1 N–H and O–H groups in total. The molecule has 2 atom stereocenters. The maximum Gasteiger partial charge on any atom is 0.416 e. The molecule has 2 aliphatic heterocycles. The van der Waals surface area contributed by atoms with Gasteiger partial charge in [-0.3, -0.25) is 9.59 Å². The Bertz CT molecular complexity index is 686. The zero-order valence-electron chi connectivity index (χ0n) is 13.7. The number of carbonyl (C=O) groups excluding carboxylic acids is 2. The number of halogens is 3. The van der Waals surface area contributed by atoms with Gasteiger partial charge in [-0.2, -0.15) is 13.2 Å². The zero-order valence-corrected chi connectivity index (χ0v) is 13.7. The second-order valence-corrected chi connectivity index (χ2v) is 6.64. The van der Waals surface area contributed by atoms with Gasteiger partial charge in [0.25, 0.3) is 0 Å². The van der Waals surface area contributed by atoms with Crippen LogP contribution in [0.15, 0.2) is 24.3 Å². The molecule has 0 radical (unpaired) electrons. The predicted octanol–water partition coefficient (Wildman–Crippen LogP) is 1.82. The van der Waals surface area contributed by atoms with Crippen LogP contribution in [-0.4, -0.2) is 52.5 Å². The number of likely N-dealkylation sites (tertiary alicyclic amines) is 2. The van der Waals surface area contributed by atoms with Gasteiger partial charge in [-0.05, 0) is 24.1 Å². The molecule has 2 heterocycles. The molecule has 5 nitrogen and oxygen atoms in total. The Hall–Kier alpha value is -2.09. The number of rotatable bonds is 2. The summed E-state index contributed by atoms with van der Waals surface area (Å²) >= 11 is 0. The summed E-state index contributed by atoms with van der Waals surface area (Å²) < 4.78 is 38.8. The van der Waals surface area contributed by atoms with E-state index in [1.54, 1.807) is 6.07 Å². The first kappa shape index (κ1) is 17.7. The van der Waals surface area contributed by atoms with E-state index in [4.69, 9.17) is 0 Å². The first-order valence-corrected chi connectivity index (χ1v) is 8.08. The SMILES string of the molecule is CC(=O)N1CC(C(=O)N2C[C@@H](O)C[C@@H]2c2cccc(C(F)(F)F)c2)C1. The summed E-state index contributed by atoms with van der Waals surface area (Å²) in [7, 11) is 0. The van der Waals surface area contributed by atoms with Crippen LogP contribution in [0.3, 0.4) is 0 Å². The highest BCUT2D eigenvalue weighted by molar-refractivity contribution is 5.84. The molecule has 2 amide bonds. The van der Waals surface area contributed by atoms with Crippen LogP contribution in [0.4, 0.5) is 13.2 Å². The molecule has 2 saturated heterocycles. The molecule has 8 heteroatoms. The van der Waals surface area contributed by atoms with Crippen LogP contribution in [-0.2, 0) is 15.8 Å². The van der Waals surface area contributed by atoms with Crippen LogP contribution in [0.1, 0.15) is 30.5 Å². The van der Waals surface area contributed by atoms with E-state index in [1.807, 2.05) is 0 Å². The van der Waals surface area contributed by atoms with Crippen LogP contribution in [0, 0.1) is 5.92 Å². The van der Waals surface area contributed by atoms with Crippen molar-refractivity contribution in [1.82, 2.24) is 9.80 Å². The van der Waals surface area contributed by atoms with Gasteiger partial charge in [0.1, 0.15) is 0 Å². The van der Waals surface area contributed by atoms with Crippen molar-refractivity contribution in [3.8, 4) is 0 Å². The first-order chi connectivity index (χ1) is 11.7. The van der Waals surface area contributed by atoms with Crippen molar-refractivity contribution in [2.45, 2.75) is 31.7 Å². The number of alkyl halides is 3. The van der Waals surface area contributed by atoms with Crippen LogP contribution in [0.25, 0.3) is 0 Å². The average Bonchev–Trinajstić information content (AvgIpc) is 2.86. The van der Waals surface area contributed by atoms with Crippen molar-refractivity contribution >= 4 is 11.8 Å². The Morgan fingerprint density at radius 3 is 2.48 bits per heavy atom. The highest BCUT2D eigenvalue weighted by Crippen LogP contribution is 2.37. The minimum Gasteiger partial charge on any atom is -0.391 e. The van der Waals surface area contributed by atoms with Gasteiger partial charge in [-0.25, -0.2) is 0 Å². The Kier molecular flexibility index (Phi) is 4.49. The van der Waals surface area contributed by atoms with E-state index in [9.17, 15) is 27.9 Å². The number of carbonyl (C=O) groups is 2. The van der Waals surface area contributed by atoms with Crippen molar-refractivity contribution < 1.29 is 27.9 Å². The number of β-amino-alcohol motifs (C(OH)–C–C–N with tert-alkyl or cyclic N) is 1. The smallest absolute Gasteiger partial charge is 0.391 e. The topological polar surface area (TPSA) is 60.9 Å². The number of aliphatic hydroxyl groups excluding tert-OH is 1. The molecule has 2 aliphatic rings. The fourth-order valence-corrected chi connectivity index (χ4v) is 3.42. The van der Waals surface area contributed by atoms with Crippen molar-refractivity contribution in [3.63, 3.8) is 0 Å². The summed E-state index contributed by atoms with van der Waals surface area (Å²) in [5.41, 5.74) is -0.410. The lowest BCUT2D eigenvalue weighted by atomic mass is 9.96. The molecule has 2 fully saturated rings. The molecule has 0 spiro atoms. The third kappa shape index (κ3) is 3.49. The second kappa shape index (κ2) is 6.33. The Labute approximate surface area is 143 Å². The maximum atomic E-state index is 12.9. The molecule has 136 valence electrons. The number of hydrogen-bond donors (Lipinski definition) is 1. The maximum absolute atomic E-state index is 12.9. The highest BCUT2D eigenvalue weighted by Gasteiger charge is 2.43. The summed E-state index contributed by atoms with van der Waals surface area (Å²) in [6, 6.07) is 4.28. The number of benzene rings is 1. The van der Waals surface area contributed by atoms with Gasteiger partial charge in [-0.1, -0.05) is 12.1 Å². The van der Waals surface area contributed by atoms with Crippen LogP contribution in [0.5, 0.6) is 0 Å². The van der Waals surface area contributed by atoms with E-state index in [0.717, 1.165) is 12.1 Å². The highest BCUT2D eigenvalue weighted by atomic mass is 19.4. The van der Waals surface area contributed by atoms with E-state index in [-0.39, 0.29) is 30.7 Å². The standard InChI is InChI=1S/C17H19F3N2O3/c1-10(23)21-7-12(8-21)16(25)22-9-14(24)6-15(22)11-3-2-4-13(5-11)17(18,19)20/h2-5,12,14-15,24H,6-9H2,1H3/t14-,15+/m0/s1. The molecule has 3 rings (SSSR count). The van der Waals surface area contributed by atoms with Gasteiger partial charge in [0.15, 0.2) is 0 Å². The quantitative estimate of drug-likeness (QED) is 0.879. The van der Waals surface area contributed by atoms with Crippen molar-refractivity contribution in [3.05, 3.63) is 35.4 Å². The van der Waals surface area contributed by atoms with Crippen LogP contribution in [0.2, 0.25) is 0 Å². The summed E-state index contributed by atoms with van der Waals surface area (Å²) in [5.74, 6) is -0.695. The number of nitrogens with zero attached hydrogens (tertiary/aromatic N) is 2. The van der Waals surface area contributed by atoms with Gasteiger partial charge < -0.3 is 14.9 Å². The average molecular weight is 356 g/mol. The minimum atomic E-state index is -4.46. The lowest BCUT2D eigenvalue weighted by molar-refractivity contribution is -0.148. The molecule has 0 bridgehead atoms. The number of amides is 2. The van der Waals surface area contributed by atoms with Crippen molar-refractivity contribution in [2.75, 3.05) is 19.6 Å². The van der Waals surface area contributed by atoms with E-state index < -0.39 is 23.9 Å². The van der Waals surface area contributed by atoms with E-state index in [2.05, 4.69) is 0 Å². The summed E-state index contributed by atoms with van der Waals surface area (Å²) in [5, 5.41) is 9.94. The van der Waals surface area contributed by atoms with E-state index in [1.165, 1.54) is 22.8 Å². The fourth-order valence-electron chi connectivity index (χ4n) is 3.42. The van der Waals surface area contributed by atoms with Crippen molar-refractivity contribution in [2.24, 2.45) is 5.92 Å². The largest absolute Gasteiger partial charge is 0.416 e. The molecule has 0 saturated carbocycles. The lowest BCUT2D eigenvalue weighted by Crippen LogP contribution is -2.55. The van der Waals surface area contributed by atoms with Gasteiger partial charge in [0, 0.05) is 26.6 Å². The normalized spacial score (nSPS) is 24.4. The number of aliphatic hydroxyl groups is 1. The predicted molar refractivity (Wildman–Crippen MR) is 82.3 cm³/mol. The molecule has 1 aromatic carbocycles. The van der Waals surface area contributed by atoms with Crippen molar-refractivity contribution in [1.29, 1.82) is 0 Å². The van der Waals surface area contributed by atoms with Gasteiger partial charge in [0.2, 0.25) is 11.8 Å². The monoisotopic (exact) mass is 356 g/mol. The summed E-state index contributed by atoms with van der Waals surface area (Å²) in [6.07, 6.45) is -5.03. The first-order valence-electron chi connectivity index (χ1n) is 8.08. The Balaban J connectivity index is 1.79. The third-order valence-corrected chi connectivity index (χ3v) is 4.84. The van der Waals surface area contributed by atoms with E-state index in [0.29, 0.717) is 18.7 Å². The Morgan fingerprint density at radius 1 is 1.20 bits per heavy atom. The molecule has 0 unspecified atom stereocenters. The molecular weight excluding hydrogens is 337 g/mol. The van der Waals surface area contributed by atoms with Gasteiger partial charge in [-0.15, -0.1) is 0 Å². The molecule has 1 aromatic rings. The van der Waals surface area contributed by atoms with Crippen LogP contribution >= 0.6 is 0 Å². The third-order valence-electron chi connectivity index (χ3n) is 4.84. The Morgan fingerprint density at radius 2 is 1.88 bits per heavy atom. The van der Waals surface area contributed by atoms with Gasteiger partial charge in [0.05, 0.1) is 23.6 Å². The summed E-state index contributed by atoms with van der Waals surface area (Å²) in [4.78, 5) is 26.9. The fraction of sp³-hybridized carbons (Fsp3) is 0.529. The number of hydrogen-bond acceptors (Lipinski definition) is 3. The van der Waals surface area contributed by atoms with Gasteiger partial charge >= 0.3 is 6.18 Å². The zero-order chi connectivity index (χ0) is 18.4. The van der Waals surface area contributed by atoms with Crippen LogP contribution < -0.4 is 0 Å². The summed E-state index contributed by atoms with van der Waals surface area (Å²) in [6.45, 7) is 2.15. The minimum absolute atomic E-state index is 0.0936. The second-order valence-electron chi connectivity index (χ2n) is 6.64. The van der Waals surface area contributed by atoms with E-state index >= 15 is 0 Å². The molecule has 25 heavy (non-hydrogen) atoms. The molecular formula is C17H19F3N2O3. The molecule has 0 aliphatic carbocycles.